The Morgan fingerprint density at radius 3 is 2.04 bits per heavy atom. The van der Waals surface area contributed by atoms with Crippen LogP contribution in [0.2, 0.25) is 0 Å². The van der Waals surface area contributed by atoms with Crippen molar-refractivity contribution in [2.24, 2.45) is 5.73 Å². The van der Waals surface area contributed by atoms with Gasteiger partial charge in [0.25, 0.3) is 5.91 Å². The molecule has 0 spiro atoms. The summed E-state index contributed by atoms with van der Waals surface area (Å²) < 4.78 is 25.4. The van der Waals surface area contributed by atoms with E-state index in [1.807, 2.05) is 0 Å². The van der Waals surface area contributed by atoms with Crippen LogP contribution in [0, 0.1) is 0 Å². The molecule has 132 valence electrons. The third kappa shape index (κ3) is 5.61. The lowest BCUT2D eigenvalue weighted by Crippen LogP contribution is -2.15. The maximum Gasteiger partial charge on any atom is 0.255 e. The molecule has 2 amide bonds. The standard InChI is InChI=1S/C17H19N3O4S/c1-2-25(23,24)20-15-9-5-13(6-10-15)17(22)19-14-7-3-12(4-8-14)11-16(18)21/h3-10,20H,2,11H2,1H3,(H2,18,21)(H,19,22). The highest BCUT2D eigenvalue weighted by atomic mass is 32.2. The topological polar surface area (TPSA) is 118 Å². The van der Waals surface area contributed by atoms with E-state index >= 15 is 0 Å². The summed E-state index contributed by atoms with van der Waals surface area (Å²) in [5.41, 5.74) is 7.25. The second kappa shape index (κ2) is 7.80. The molecule has 0 aromatic heterocycles. The molecular formula is C17H19N3O4S. The lowest BCUT2D eigenvalue weighted by atomic mass is 10.1. The van der Waals surface area contributed by atoms with Gasteiger partial charge in [-0.1, -0.05) is 12.1 Å². The predicted molar refractivity (Wildman–Crippen MR) is 96.8 cm³/mol. The summed E-state index contributed by atoms with van der Waals surface area (Å²) in [5.74, 6) is -0.774. The molecule has 0 saturated carbocycles. The van der Waals surface area contributed by atoms with E-state index in [0.29, 0.717) is 16.9 Å². The van der Waals surface area contributed by atoms with Crippen LogP contribution in [0.25, 0.3) is 0 Å². The lowest BCUT2D eigenvalue weighted by Gasteiger charge is -2.08. The molecule has 0 aliphatic carbocycles. The highest BCUT2D eigenvalue weighted by molar-refractivity contribution is 7.92. The van der Waals surface area contributed by atoms with Gasteiger partial charge in [0.15, 0.2) is 0 Å². The molecule has 2 aromatic rings. The highest BCUT2D eigenvalue weighted by Crippen LogP contribution is 2.15. The van der Waals surface area contributed by atoms with Crippen molar-refractivity contribution >= 4 is 33.2 Å². The summed E-state index contributed by atoms with van der Waals surface area (Å²) in [6.07, 6.45) is 0.142. The Balaban J connectivity index is 2.02. The van der Waals surface area contributed by atoms with Crippen LogP contribution in [-0.4, -0.2) is 26.0 Å². The molecule has 0 aliphatic heterocycles. The van der Waals surface area contributed by atoms with Gasteiger partial charge >= 0.3 is 0 Å². The molecule has 4 N–H and O–H groups in total. The maximum atomic E-state index is 12.2. The van der Waals surface area contributed by atoms with Crippen molar-refractivity contribution in [2.75, 3.05) is 15.8 Å². The molecule has 0 fully saturated rings. The molecule has 0 unspecified atom stereocenters. The first-order valence-electron chi connectivity index (χ1n) is 7.58. The Hall–Kier alpha value is -2.87. The van der Waals surface area contributed by atoms with Gasteiger partial charge in [0, 0.05) is 16.9 Å². The van der Waals surface area contributed by atoms with E-state index in [4.69, 9.17) is 5.73 Å². The van der Waals surface area contributed by atoms with E-state index in [-0.39, 0.29) is 18.1 Å². The molecule has 0 bridgehead atoms. The molecule has 25 heavy (non-hydrogen) atoms. The highest BCUT2D eigenvalue weighted by Gasteiger charge is 2.09. The third-order valence-electron chi connectivity index (χ3n) is 3.39. The number of sulfonamides is 1. The fourth-order valence-electron chi connectivity index (χ4n) is 2.05. The van der Waals surface area contributed by atoms with Crippen LogP contribution >= 0.6 is 0 Å². The molecule has 0 aliphatic rings. The summed E-state index contributed by atoms with van der Waals surface area (Å²) >= 11 is 0. The van der Waals surface area contributed by atoms with Gasteiger partial charge in [-0.05, 0) is 48.9 Å². The number of amides is 2. The Labute approximate surface area is 146 Å². The van der Waals surface area contributed by atoms with Gasteiger partial charge in [-0.15, -0.1) is 0 Å². The van der Waals surface area contributed by atoms with Crippen LogP contribution < -0.4 is 15.8 Å². The molecular weight excluding hydrogens is 342 g/mol. The van der Waals surface area contributed by atoms with Crippen LogP contribution in [0.3, 0.4) is 0 Å². The number of hydrogen-bond acceptors (Lipinski definition) is 4. The Morgan fingerprint density at radius 2 is 1.52 bits per heavy atom. The van der Waals surface area contributed by atoms with Gasteiger partial charge in [-0.25, -0.2) is 8.42 Å². The zero-order chi connectivity index (χ0) is 18.4. The average molecular weight is 361 g/mol. The lowest BCUT2D eigenvalue weighted by molar-refractivity contribution is -0.117. The van der Waals surface area contributed by atoms with Crippen LogP contribution in [0.5, 0.6) is 0 Å². The summed E-state index contributed by atoms with van der Waals surface area (Å²) in [5, 5.41) is 2.72. The predicted octanol–water partition coefficient (Wildman–Crippen LogP) is 1.73. The van der Waals surface area contributed by atoms with E-state index < -0.39 is 15.9 Å². The largest absolute Gasteiger partial charge is 0.369 e. The van der Waals surface area contributed by atoms with Gasteiger partial charge in [0.05, 0.1) is 12.2 Å². The van der Waals surface area contributed by atoms with Gasteiger partial charge < -0.3 is 11.1 Å². The Bertz CT molecular complexity index is 860. The number of nitrogens with one attached hydrogen (secondary N) is 2. The number of hydrogen-bond donors (Lipinski definition) is 3. The number of anilines is 2. The minimum Gasteiger partial charge on any atom is -0.369 e. The maximum absolute atomic E-state index is 12.2. The van der Waals surface area contributed by atoms with Gasteiger partial charge in [-0.3, -0.25) is 14.3 Å². The Kier molecular flexibility index (Phi) is 5.76. The summed E-state index contributed by atoms with van der Waals surface area (Å²) in [4.78, 5) is 23.1. The minimum atomic E-state index is -3.35. The quantitative estimate of drug-likeness (QED) is 0.696. The molecule has 2 aromatic carbocycles. The number of primary amides is 1. The van der Waals surface area contributed by atoms with Crippen LogP contribution in [0.1, 0.15) is 22.8 Å². The van der Waals surface area contributed by atoms with Crippen LogP contribution in [0.4, 0.5) is 11.4 Å². The molecule has 0 heterocycles. The fraction of sp³-hybridized carbons (Fsp3) is 0.176. The number of benzene rings is 2. The SMILES string of the molecule is CCS(=O)(=O)Nc1ccc(C(=O)Nc2ccc(CC(N)=O)cc2)cc1. The van der Waals surface area contributed by atoms with E-state index in [1.165, 1.54) is 24.3 Å². The van der Waals surface area contributed by atoms with Gasteiger partial charge in [0.2, 0.25) is 15.9 Å². The van der Waals surface area contributed by atoms with E-state index in [2.05, 4.69) is 10.0 Å². The second-order valence-corrected chi connectivity index (χ2v) is 7.39. The van der Waals surface area contributed by atoms with Crippen LogP contribution in [0.15, 0.2) is 48.5 Å². The normalized spacial score (nSPS) is 10.9. The molecule has 0 radical (unpaired) electrons. The Morgan fingerprint density at radius 1 is 0.960 bits per heavy atom. The molecule has 2 rings (SSSR count). The molecule has 8 heteroatoms. The van der Waals surface area contributed by atoms with Gasteiger partial charge in [-0.2, -0.15) is 0 Å². The average Bonchev–Trinajstić information content (AvgIpc) is 2.56. The van der Waals surface area contributed by atoms with Crippen molar-refractivity contribution in [3.8, 4) is 0 Å². The fourth-order valence-corrected chi connectivity index (χ4v) is 2.69. The van der Waals surface area contributed by atoms with E-state index in [1.54, 1.807) is 31.2 Å². The van der Waals surface area contributed by atoms with Gasteiger partial charge in [0.1, 0.15) is 0 Å². The van der Waals surface area contributed by atoms with Crippen molar-refractivity contribution in [1.29, 1.82) is 0 Å². The summed E-state index contributed by atoms with van der Waals surface area (Å²) in [7, 11) is -3.35. The zero-order valence-electron chi connectivity index (χ0n) is 13.7. The van der Waals surface area contributed by atoms with Crippen molar-refractivity contribution in [1.82, 2.24) is 0 Å². The summed E-state index contributed by atoms with van der Waals surface area (Å²) in [6.45, 7) is 1.54. The monoisotopic (exact) mass is 361 g/mol. The molecule has 7 nitrogen and oxygen atoms in total. The van der Waals surface area contributed by atoms with Crippen molar-refractivity contribution in [3.05, 3.63) is 59.7 Å². The number of rotatable bonds is 7. The van der Waals surface area contributed by atoms with Crippen molar-refractivity contribution in [3.63, 3.8) is 0 Å². The molecule has 0 saturated heterocycles. The smallest absolute Gasteiger partial charge is 0.255 e. The first kappa shape index (κ1) is 18.5. The van der Waals surface area contributed by atoms with E-state index in [0.717, 1.165) is 5.56 Å². The molecule has 0 atom stereocenters. The number of nitrogens with two attached hydrogens (primary N) is 1. The van der Waals surface area contributed by atoms with Crippen molar-refractivity contribution < 1.29 is 18.0 Å². The second-order valence-electron chi connectivity index (χ2n) is 5.38. The first-order valence-corrected chi connectivity index (χ1v) is 9.23. The minimum absolute atomic E-state index is 0.0268. The summed E-state index contributed by atoms with van der Waals surface area (Å²) in [6, 6.07) is 12.9. The van der Waals surface area contributed by atoms with E-state index in [9.17, 15) is 18.0 Å². The number of carbonyl (C=O) groups is 2. The van der Waals surface area contributed by atoms with Crippen molar-refractivity contribution in [2.45, 2.75) is 13.3 Å². The third-order valence-corrected chi connectivity index (χ3v) is 4.70. The van der Waals surface area contributed by atoms with Crippen LogP contribution in [-0.2, 0) is 21.2 Å². The zero-order valence-corrected chi connectivity index (χ0v) is 14.5. The first-order chi connectivity index (χ1) is 11.8. The number of carbonyl (C=O) groups excluding carboxylic acids is 2.